The van der Waals surface area contributed by atoms with Gasteiger partial charge < -0.3 is 0 Å². The van der Waals surface area contributed by atoms with Gasteiger partial charge >= 0.3 is 0 Å². The zero-order chi connectivity index (χ0) is 10.9. The molecule has 0 aliphatic rings. The number of azide groups is 1. The smallest absolute Gasteiger partial charge is 0.104 e. The lowest BCUT2D eigenvalue weighted by molar-refractivity contribution is 0.427. The van der Waals surface area contributed by atoms with Crippen LogP contribution in [-0.2, 0) is 0 Å². The molecular weight excluding hydrogens is 178 g/mol. The Morgan fingerprint density at radius 1 is 1.79 bits per heavy atom. The lowest BCUT2D eigenvalue weighted by Gasteiger charge is -2.21. The fourth-order valence-electron chi connectivity index (χ4n) is 1.00. The van der Waals surface area contributed by atoms with Crippen LogP contribution in [0.3, 0.4) is 0 Å². The largest absolute Gasteiger partial charge is 0.299 e. The van der Waals surface area contributed by atoms with Crippen molar-refractivity contribution >= 4 is 0 Å². The summed E-state index contributed by atoms with van der Waals surface area (Å²) in [5.74, 6) is 0. The first-order valence-corrected chi connectivity index (χ1v) is 4.46. The van der Waals surface area contributed by atoms with Crippen LogP contribution in [0, 0.1) is 11.3 Å². The van der Waals surface area contributed by atoms with Crippen molar-refractivity contribution in [1.29, 1.82) is 5.26 Å². The molecule has 0 rings (SSSR count). The molecule has 5 heteroatoms. The first-order valence-electron chi connectivity index (χ1n) is 4.46. The van der Waals surface area contributed by atoms with E-state index in [-0.39, 0.29) is 0 Å². The molecule has 0 aromatic heterocycles. The Morgan fingerprint density at radius 2 is 2.50 bits per heavy atom. The maximum Gasteiger partial charge on any atom is 0.104 e. The molecule has 0 saturated carbocycles. The minimum Gasteiger partial charge on any atom is -0.299 e. The number of nitrogens with zero attached hydrogens (tertiary/aromatic N) is 4. The molecule has 14 heavy (non-hydrogen) atoms. The van der Waals surface area contributed by atoms with Crippen LogP contribution in [0.2, 0.25) is 0 Å². The lowest BCUT2D eigenvalue weighted by atomic mass is 9.98. The van der Waals surface area contributed by atoms with Gasteiger partial charge in [0.1, 0.15) is 5.54 Å². The maximum absolute atomic E-state index is 8.92. The summed E-state index contributed by atoms with van der Waals surface area (Å²) in [4.78, 5) is 2.63. The summed E-state index contributed by atoms with van der Waals surface area (Å²) in [5.41, 5.74) is 7.49. The molecule has 1 unspecified atom stereocenters. The summed E-state index contributed by atoms with van der Waals surface area (Å²) in [6, 6.07) is 2.20. The second-order valence-corrected chi connectivity index (χ2v) is 3.15. The Labute approximate surface area is 84.0 Å². The average molecular weight is 193 g/mol. The maximum atomic E-state index is 8.92. The molecule has 0 aliphatic heterocycles. The molecule has 76 valence electrons. The van der Waals surface area contributed by atoms with Crippen LogP contribution in [0.4, 0.5) is 0 Å². The highest BCUT2D eigenvalue weighted by Crippen LogP contribution is 2.10. The Hall–Kier alpha value is -1.50. The van der Waals surface area contributed by atoms with Gasteiger partial charge in [-0.25, -0.2) is 0 Å². The SMILES string of the molecule is C=CCCC(C)(C#N)NCCN=[N+]=[N-]. The molecule has 0 saturated heterocycles. The van der Waals surface area contributed by atoms with E-state index in [1.807, 2.05) is 6.92 Å². The Bertz CT molecular complexity index is 261. The number of hydrogen-bond donors (Lipinski definition) is 1. The van der Waals surface area contributed by atoms with Gasteiger partial charge in [0.2, 0.25) is 0 Å². The van der Waals surface area contributed by atoms with Crippen molar-refractivity contribution in [3.05, 3.63) is 23.1 Å². The van der Waals surface area contributed by atoms with E-state index >= 15 is 0 Å². The van der Waals surface area contributed by atoms with Crippen LogP contribution < -0.4 is 5.32 Å². The van der Waals surface area contributed by atoms with E-state index in [4.69, 9.17) is 10.8 Å². The van der Waals surface area contributed by atoms with Gasteiger partial charge in [-0.3, -0.25) is 5.32 Å². The van der Waals surface area contributed by atoms with E-state index < -0.39 is 5.54 Å². The molecule has 1 N–H and O–H groups in total. The molecule has 5 nitrogen and oxygen atoms in total. The first-order chi connectivity index (χ1) is 6.68. The van der Waals surface area contributed by atoms with E-state index in [1.54, 1.807) is 6.08 Å². The molecule has 0 spiro atoms. The van der Waals surface area contributed by atoms with Crippen molar-refractivity contribution in [2.45, 2.75) is 25.3 Å². The van der Waals surface area contributed by atoms with Crippen LogP contribution in [0.15, 0.2) is 17.8 Å². The summed E-state index contributed by atoms with van der Waals surface area (Å²) >= 11 is 0. The van der Waals surface area contributed by atoms with Gasteiger partial charge in [-0.2, -0.15) is 5.26 Å². The normalized spacial score (nSPS) is 13.4. The third-order valence-electron chi connectivity index (χ3n) is 1.89. The number of nitriles is 1. The Balaban J connectivity index is 3.93. The van der Waals surface area contributed by atoms with Crippen LogP contribution >= 0.6 is 0 Å². The van der Waals surface area contributed by atoms with E-state index in [0.29, 0.717) is 19.5 Å². The summed E-state index contributed by atoms with van der Waals surface area (Å²) in [7, 11) is 0. The molecule has 1 atom stereocenters. The molecule has 0 fully saturated rings. The van der Waals surface area contributed by atoms with Gasteiger partial charge in [-0.1, -0.05) is 11.2 Å². The third kappa shape index (κ3) is 5.20. The van der Waals surface area contributed by atoms with Crippen molar-refractivity contribution in [3.8, 4) is 6.07 Å². The number of rotatable bonds is 7. The van der Waals surface area contributed by atoms with Crippen molar-refractivity contribution in [3.63, 3.8) is 0 Å². The number of nitrogens with one attached hydrogen (secondary N) is 1. The molecule has 0 amide bonds. The third-order valence-corrected chi connectivity index (χ3v) is 1.89. The van der Waals surface area contributed by atoms with Crippen LogP contribution in [0.1, 0.15) is 19.8 Å². The molecule has 0 aliphatic carbocycles. The summed E-state index contributed by atoms with van der Waals surface area (Å²) in [6.07, 6.45) is 3.28. The van der Waals surface area contributed by atoms with E-state index in [1.165, 1.54) is 0 Å². The first kappa shape index (κ1) is 12.5. The van der Waals surface area contributed by atoms with Gasteiger partial charge in [0.15, 0.2) is 0 Å². The zero-order valence-corrected chi connectivity index (χ0v) is 8.40. The topological polar surface area (TPSA) is 84.6 Å². The summed E-state index contributed by atoms with van der Waals surface area (Å²) in [6.45, 7) is 6.31. The summed E-state index contributed by atoms with van der Waals surface area (Å²) < 4.78 is 0. The fourth-order valence-corrected chi connectivity index (χ4v) is 1.00. The van der Waals surface area contributed by atoms with Gasteiger partial charge in [-0.15, -0.1) is 6.58 Å². The van der Waals surface area contributed by atoms with Gasteiger partial charge in [0.05, 0.1) is 6.07 Å². The van der Waals surface area contributed by atoms with E-state index in [9.17, 15) is 0 Å². The molecule has 0 radical (unpaired) electrons. The Morgan fingerprint density at radius 3 is 3.00 bits per heavy atom. The Kier molecular flexibility index (Phi) is 6.21. The molecule has 0 heterocycles. The summed E-state index contributed by atoms with van der Waals surface area (Å²) in [5, 5.41) is 15.3. The van der Waals surface area contributed by atoms with Gasteiger partial charge in [0, 0.05) is 18.0 Å². The van der Waals surface area contributed by atoms with Crippen LogP contribution in [-0.4, -0.2) is 18.6 Å². The quantitative estimate of drug-likeness (QED) is 0.221. The second kappa shape index (κ2) is 6.96. The predicted molar refractivity (Wildman–Crippen MR) is 55.5 cm³/mol. The van der Waals surface area contributed by atoms with Crippen molar-refractivity contribution in [1.82, 2.24) is 5.32 Å². The molecule has 0 bridgehead atoms. The highest BCUT2D eigenvalue weighted by Gasteiger charge is 2.20. The van der Waals surface area contributed by atoms with Gasteiger partial charge in [0.25, 0.3) is 0 Å². The van der Waals surface area contributed by atoms with Crippen LogP contribution in [0.25, 0.3) is 10.4 Å². The van der Waals surface area contributed by atoms with Crippen molar-refractivity contribution < 1.29 is 0 Å². The molecule has 0 aromatic rings. The average Bonchev–Trinajstić information content (AvgIpc) is 2.22. The highest BCUT2D eigenvalue weighted by atomic mass is 15.1. The monoisotopic (exact) mass is 193 g/mol. The number of allylic oxidation sites excluding steroid dienone is 1. The predicted octanol–water partition coefficient (Wildman–Crippen LogP) is 2.13. The van der Waals surface area contributed by atoms with E-state index in [0.717, 1.165) is 6.42 Å². The molecular formula is C9H15N5. The van der Waals surface area contributed by atoms with Crippen LogP contribution in [0.5, 0.6) is 0 Å². The molecule has 0 aromatic carbocycles. The second-order valence-electron chi connectivity index (χ2n) is 3.15. The zero-order valence-electron chi connectivity index (χ0n) is 8.40. The lowest BCUT2D eigenvalue weighted by Crippen LogP contribution is -2.42. The van der Waals surface area contributed by atoms with Crippen molar-refractivity contribution in [2.75, 3.05) is 13.1 Å². The minimum atomic E-state index is -0.556. The highest BCUT2D eigenvalue weighted by molar-refractivity contribution is 5.04. The fraction of sp³-hybridized carbons (Fsp3) is 0.667. The number of hydrogen-bond acceptors (Lipinski definition) is 3. The minimum absolute atomic E-state index is 0.363. The van der Waals surface area contributed by atoms with Crippen molar-refractivity contribution in [2.24, 2.45) is 5.11 Å². The van der Waals surface area contributed by atoms with Gasteiger partial charge in [-0.05, 0) is 25.3 Å². The standard InChI is InChI=1S/C9H15N5/c1-3-4-5-9(2,8-10)12-6-7-13-14-11/h3,12H,1,4-7H2,2H3. The van der Waals surface area contributed by atoms with E-state index in [2.05, 4.69) is 28.0 Å².